The van der Waals surface area contributed by atoms with Crippen molar-refractivity contribution < 1.29 is 14.6 Å². The summed E-state index contributed by atoms with van der Waals surface area (Å²) in [5.41, 5.74) is 2.04. The quantitative estimate of drug-likeness (QED) is 0.776. The van der Waals surface area contributed by atoms with E-state index in [9.17, 15) is 4.79 Å². The minimum atomic E-state index is -0.971. The predicted octanol–water partition coefficient (Wildman–Crippen LogP) is 3.04. The van der Waals surface area contributed by atoms with E-state index >= 15 is 0 Å². The number of aromatic carboxylic acids is 1. The molecule has 3 nitrogen and oxygen atoms in total. The van der Waals surface area contributed by atoms with Gasteiger partial charge in [0.25, 0.3) is 0 Å². The van der Waals surface area contributed by atoms with Crippen LogP contribution in [0.1, 0.15) is 29.3 Å². The van der Waals surface area contributed by atoms with Gasteiger partial charge in [-0.3, -0.25) is 0 Å². The van der Waals surface area contributed by atoms with Crippen molar-refractivity contribution in [2.75, 3.05) is 6.61 Å². The van der Waals surface area contributed by atoms with E-state index in [1.807, 2.05) is 19.9 Å². The molecule has 1 aromatic carbocycles. The third kappa shape index (κ3) is 3.12. The monoisotopic (exact) mass is 220 g/mol. The van der Waals surface area contributed by atoms with Crippen molar-refractivity contribution in [2.24, 2.45) is 0 Å². The summed E-state index contributed by atoms with van der Waals surface area (Å²) in [6.45, 7) is 8.00. The summed E-state index contributed by atoms with van der Waals surface area (Å²) in [7, 11) is 0. The molecule has 0 bridgehead atoms. The number of benzene rings is 1. The Morgan fingerprint density at radius 1 is 1.50 bits per heavy atom. The van der Waals surface area contributed by atoms with E-state index in [0.29, 0.717) is 12.4 Å². The Hall–Kier alpha value is -1.77. The minimum Gasteiger partial charge on any atom is -0.488 e. The molecule has 16 heavy (non-hydrogen) atoms. The molecule has 1 N–H and O–H groups in total. The molecule has 86 valence electrons. The Kier molecular flexibility index (Phi) is 4.11. The standard InChI is InChI=1S/C13H16O3/c1-4-9(2)8-16-12-6-5-10(3)7-11(12)13(14)15/h5-7H,2,4,8H2,1,3H3,(H,14,15). The average molecular weight is 220 g/mol. The highest BCUT2D eigenvalue weighted by Crippen LogP contribution is 2.20. The number of carbonyl (C=O) groups is 1. The number of carboxylic acids is 1. The SMILES string of the molecule is C=C(CC)COc1ccc(C)cc1C(=O)O. The predicted molar refractivity (Wildman–Crippen MR) is 63.1 cm³/mol. The van der Waals surface area contributed by atoms with Crippen molar-refractivity contribution in [1.29, 1.82) is 0 Å². The molecule has 0 aliphatic heterocycles. The molecule has 0 heterocycles. The second-order valence-corrected chi connectivity index (χ2v) is 3.70. The molecule has 0 aromatic heterocycles. The van der Waals surface area contributed by atoms with Crippen LogP contribution in [0.4, 0.5) is 0 Å². The second-order valence-electron chi connectivity index (χ2n) is 3.70. The molecule has 0 radical (unpaired) electrons. The van der Waals surface area contributed by atoms with Gasteiger partial charge >= 0.3 is 5.97 Å². The van der Waals surface area contributed by atoms with E-state index in [4.69, 9.17) is 9.84 Å². The molecule has 0 fully saturated rings. The van der Waals surface area contributed by atoms with Crippen LogP contribution in [-0.4, -0.2) is 17.7 Å². The van der Waals surface area contributed by atoms with Gasteiger partial charge in [0, 0.05) is 0 Å². The van der Waals surface area contributed by atoms with Crippen LogP contribution in [0.5, 0.6) is 5.75 Å². The zero-order chi connectivity index (χ0) is 12.1. The lowest BCUT2D eigenvalue weighted by atomic mass is 10.1. The fourth-order valence-corrected chi connectivity index (χ4v) is 1.22. The van der Waals surface area contributed by atoms with Crippen LogP contribution in [0.25, 0.3) is 0 Å². The second kappa shape index (κ2) is 5.35. The van der Waals surface area contributed by atoms with Crippen molar-refractivity contribution in [3.8, 4) is 5.75 Å². The molecule has 0 atom stereocenters. The third-order valence-corrected chi connectivity index (χ3v) is 2.30. The Bertz CT molecular complexity index is 408. The molecule has 0 unspecified atom stereocenters. The van der Waals surface area contributed by atoms with E-state index in [2.05, 4.69) is 6.58 Å². The summed E-state index contributed by atoms with van der Waals surface area (Å²) in [6.07, 6.45) is 0.828. The Morgan fingerprint density at radius 3 is 2.75 bits per heavy atom. The summed E-state index contributed by atoms with van der Waals surface area (Å²) in [4.78, 5) is 11.0. The maximum atomic E-state index is 11.0. The summed E-state index contributed by atoms with van der Waals surface area (Å²) in [6, 6.07) is 5.12. The number of hydrogen-bond acceptors (Lipinski definition) is 2. The molecule has 1 aromatic rings. The molecular formula is C13H16O3. The Labute approximate surface area is 95.4 Å². The molecule has 0 spiro atoms. The highest BCUT2D eigenvalue weighted by Gasteiger charge is 2.11. The fraction of sp³-hybridized carbons (Fsp3) is 0.308. The van der Waals surface area contributed by atoms with Gasteiger partial charge in [0.1, 0.15) is 17.9 Å². The highest BCUT2D eigenvalue weighted by molar-refractivity contribution is 5.91. The average Bonchev–Trinajstić information content (AvgIpc) is 2.26. The first-order valence-electron chi connectivity index (χ1n) is 5.18. The van der Waals surface area contributed by atoms with Gasteiger partial charge in [0.2, 0.25) is 0 Å². The number of ether oxygens (including phenoxy) is 1. The zero-order valence-corrected chi connectivity index (χ0v) is 9.62. The van der Waals surface area contributed by atoms with Crippen LogP contribution >= 0.6 is 0 Å². The van der Waals surface area contributed by atoms with Crippen molar-refractivity contribution in [3.63, 3.8) is 0 Å². The van der Waals surface area contributed by atoms with Gasteiger partial charge in [-0.2, -0.15) is 0 Å². The first-order chi connectivity index (χ1) is 7.54. The van der Waals surface area contributed by atoms with Crippen molar-refractivity contribution >= 4 is 5.97 Å². The van der Waals surface area contributed by atoms with Gasteiger partial charge in [0.15, 0.2) is 0 Å². The minimum absolute atomic E-state index is 0.198. The van der Waals surface area contributed by atoms with E-state index in [1.165, 1.54) is 0 Å². The Balaban J connectivity index is 2.87. The summed E-state index contributed by atoms with van der Waals surface area (Å²) in [5.74, 6) is -0.575. The van der Waals surface area contributed by atoms with Crippen molar-refractivity contribution in [2.45, 2.75) is 20.3 Å². The van der Waals surface area contributed by atoms with Gasteiger partial charge in [-0.1, -0.05) is 25.1 Å². The van der Waals surface area contributed by atoms with E-state index < -0.39 is 5.97 Å². The first kappa shape index (κ1) is 12.3. The fourth-order valence-electron chi connectivity index (χ4n) is 1.22. The molecule has 0 aliphatic carbocycles. The van der Waals surface area contributed by atoms with Crippen LogP contribution < -0.4 is 4.74 Å². The topological polar surface area (TPSA) is 46.5 Å². The molecule has 0 saturated carbocycles. The molecule has 0 amide bonds. The Morgan fingerprint density at radius 2 is 2.19 bits per heavy atom. The maximum Gasteiger partial charge on any atom is 0.339 e. The van der Waals surface area contributed by atoms with Gasteiger partial charge in [0.05, 0.1) is 0 Å². The van der Waals surface area contributed by atoms with Gasteiger partial charge in [-0.05, 0) is 31.1 Å². The normalized spacial score (nSPS) is 9.88. The van der Waals surface area contributed by atoms with Crippen LogP contribution in [0.3, 0.4) is 0 Å². The van der Waals surface area contributed by atoms with Gasteiger partial charge in [-0.15, -0.1) is 0 Å². The molecule has 0 aliphatic rings. The number of rotatable bonds is 5. The van der Waals surface area contributed by atoms with Crippen molar-refractivity contribution in [3.05, 3.63) is 41.5 Å². The van der Waals surface area contributed by atoms with E-state index in [1.54, 1.807) is 12.1 Å². The third-order valence-electron chi connectivity index (χ3n) is 2.30. The van der Waals surface area contributed by atoms with Crippen LogP contribution in [-0.2, 0) is 0 Å². The first-order valence-corrected chi connectivity index (χ1v) is 5.18. The summed E-state index contributed by atoms with van der Waals surface area (Å²) in [5, 5.41) is 9.01. The highest BCUT2D eigenvalue weighted by atomic mass is 16.5. The van der Waals surface area contributed by atoms with E-state index in [0.717, 1.165) is 17.6 Å². The lowest BCUT2D eigenvalue weighted by Gasteiger charge is -2.10. The summed E-state index contributed by atoms with van der Waals surface area (Å²) >= 11 is 0. The van der Waals surface area contributed by atoms with Gasteiger partial charge < -0.3 is 9.84 Å². The summed E-state index contributed by atoms with van der Waals surface area (Å²) < 4.78 is 5.43. The van der Waals surface area contributed by atoms with E-state index in [-0.39, 0.29) is 5.56 Å². The lowest BCUT2D eigenvalue weighted by molar-refractivity contribution is 0.0692. The van der Waals surface area contributed by atoms with Gasteiger partial charge in [-0.25, -0.2) is 4.79 Å². The largest absolute Gasteiger partial charge is 0.488 e. The number of hydrogen-bond donors (Lipinski definition) is 1. The van der Waals surface area contributed by atoms with Crippen LogP contribution in [0.2, 0.25) is 0 Å². The molecule has 0 saturated heterocycles. The molecule has 1 rings (SSSR count). The number of aryl methyl sites for hydroxylation is 1. The zero-order valence-electron chi connectivity index (χ0n) is 9.62. The smallest absolute Gasteiger partial charge is 0.339 e. The van der Waals surface area contributed by atoms with Crippen LogP contribution in [0.15, 0.2) is 30.4 Å². The molecule has 3 heteroatoms. The number of carboxylic acid groups (broad SMARTS) is 1. The van der Waals surface area contributed by atoms with Crippen LogP contribution in [0, 0.1) is 6.92 Å². The molecular weight excluding hydrogens is 204 g/mol. The van der Waals surface area contributed by atoms with Crippen molar-refractivity contribution in [1.82, 2.24) is 0 Å². The lowest BCUT2D eigenvalue weighted by Crippen LogP contribution is -2.05. The maximum absolute atomic E-state index is 11.0.